The van der Waals surface area contributed by atoms with Gasteiger partial charge in [0, 0.05) is 18.4 Å². The monoisotopic (exact) mass is 454 g/mol. The zero-order valence-corrected chi connectivity index (χ0v) is 19.1. The fourth-order valence-corrected chi connectivity index (χ4v) is 3.77. The van der Waals surface area contributed by atoms with Crippen molar-refractivity contribution in [1.82, 2.24) is 14.8 Å². The first-order chi connectivity index (χ1) is 15.5. The molecule has 1 heterocycles. The molecule has 1 aromatic heterocycles. The van der Waals surface area contributed by atoms with Crippen LogP contribution in [0.15, 0.2) is 53.7 Å². The van der Waals surface area contributed by atoms with E-state index in [-0.39, 0.29) is 17.6 Å². The van der Waals surface area contributed by atoms with E-state index >= 15 is 0 Å². The van der Waals surface area contributed by atoms with E-state index in [9.17, 15) is 9.59 Å². The Balaban J connectivity index is 1.65. The highest BCUT2D eigenvalue weighted by atomic mass is 32.2. The van der Waals surface area contributed by atoms with Gasteiger partial charge in [-0.25, -0.2) is 4.79 Å². The van der Waals surface area contributed by atoms with E-state index in [2.05, 4.69) is 21.6 Å². The third-order valence-corrected chi connectivity index (χ3v) is 5.49. The fraction of sp³-hybridized carbons (Fsp3) is 0.304. The van der Waals surface area contributed by atoms with Crippen LogP contribution in [0.25, 0.3) is 11.4 Å². The first-order valence-electron chi connectivity index (χ1n) is 10.2. The van der Waals surface area contributed by atoms with Crippen LogP contribution in [0, 0.1) is 6.92 Å². The SMILES string of the molecule is CCOC(=O)c1ccc(NC(=O)CSc2nnc(-c3cccc(C)c3)n2CCOC)cc1. The Morgan fingerprint density at radius 3 is 2.59 bits per heavy atom. The molecule has 1 amide bonds. The van der Waals surface area contributed by atoms with E-state index in [0.717, 1.165) is 17.0 Å². The second-order valence-electron chi connectivity index (χ2n) is 6.95. The number of anilines is 1. The number of esters is 1. The Morgan fingerprint density at radius 1 is 1.12 bits per heavy atom. The molecule has 0 saturated carbocycles. The van der Waals surface area contributed by atoms with Crippen molar-refractivity contribution in [1.29, 1.82) is 0 Å². The summed E-state index contributed by atoms with van der Waals surface area (Å²) in [5, 5.41) is 12.1. The van der Waals surface area contributed by atoms with Crippen molar-refractivity contribution < 1.29 is 19.1 Å². The molecule has 0 atom stereocenters. The molecular weight excluding hydrogens is 428 g/mol. The Kier molecular flexibility index (Phi) is 8.41. The molecule has 2 aromatic carbocycles. The predicted octanol–water partition coefficient (Wildman–Crippen LogP) is 3.81. The van der Waals surface area contributed by atoms with Crippen LogP contribution in [0.1, 0.15) is 22.8 Å². The first kappa shape index (κ1) is 23.5. The number of nitrogens with zero attached hydrogens (tertiary/aromatic N) is 3. The average Bonchev–Trinajstić information content (AvgIpc) is 3.19. The number of hydrogen-bond acceptors (Lipinski definition) is 7. The van der Waals surface area contributed by atoms with Crippen molar-refractivity contribution in [2.45, 2.75) is 25.5 Å². The summed E-state index contributed by atoms with van der Waals surface area (Å²) in [6.45, 7) is 5.17. The molecule has 0 unspecified atom stereocenters. The lowest BCUT2D eigenvalue weighted by Gasteiger charge is -2.10. The van der Waals surface area contributed by atoms with Gasteiger partial charge in [-0.2, -0.15) is 0 Å². The molecule has 0 aliphatic carbocycles. The summed E-state index contributed by atoms with van der Waals surface area (Å²) in [4.78, 5) is 24.2. The zero-order valence-electron chi connectivity index (χ0n) is 18.3. The smallest absolute Gasteiger partial charge is 0.338 e. The van der Waals surface area contributed by atoms with Gasteiger partial charge in [-0.3, -0.25) is 9.36 Å². The summed E-state index contributed by atoms with van der Waals surface area (Å²) in [5.41, 5.74) is 3.14. The highest BCUT2D eigenvalue weighted by Gasteiger charge is 2.16. The van der Waals surface area contributed by atoms with Crippen LogP contribution in [0.3, 0.4) is 0 Å². The highest BCUT2D eigenvalue weighted by molar-refractivity contribution is 7.99. The number of methoxy groups -OCH3 is 1. The standard InChI is InChI=1S/C23H26N4O4S/c1-4-31-22(29)17-8-10-19(11-9-17)24-20(28)15-32-23-26-25-21(27(23)12-13-30-3)18-7-5-6-16(2)14-18/h5-11,14H,4,12-13,15H2,1-3H3,(H,24,28). The minimum absolute atomic E-state index is 0.165. The number of aryl methyl sites for hydroxylation is 1. The first-order valence-corrected chi connectivity index (χ1v) is 11.2. The molecule has 0 bridgehead atoms. The maximum atomic E-state index is 12.4. The highest BCUT2D eigenvalue weighted by Crippen LogP contribution is 2.25. The normalized spacial score (nSPS) is 10.7. The lowest BCUT2D eigenvalue weighted by Crippen LogP contribution is -2.15. The molecule has 1 N–H and O–H groups in total. The van der Waals surface area contributed by atoms with Crippen molar-refractivity contribution in [3.63, 3.8) is 0 Å². The molecule has 0 aliphatic heterocycles. The van der Waals surface area contributed by atoms with Crippen LogP contribution in [0.2, 0.25) is 0 Å². The number of nitrogens with one attached hydrogen (secondary N) is 1. The van der Waals surface area contributed by atoms with Crippen molar-refractivity contribution in [2.75, 3.05) is 31.4 Å². The number of ether oxygens (including phenoxy) is 2. The number of amides is 1. The van der Waals surface area contributed by atoms with Crippen LogP contribution in [-0.4, -0.2) is 52.7 Å². The minimum atomic E-state index is -0.388. The molecule has 0 aliphatic rings. The number of thioether (sulfide) groups is 1. The topological polar surface area (TPSA) is 95.3 Å². The van der Waals surface area contributed by atoms with E-state index in [0.29, 0.717) is 36.2 Å². The maximum Gasteiger partial charge on any atom is 0.338 e. The van der Waals surface area contributed by atoms with Gasteiger partial charge >= 0.3 is 5.97 Å². The third-order valence-electron chi connectivity index (χ3n) is 4.52. The Bertz CT molecular complexity index is 1070. The van der Waals surface area contributed by atoms with Gasteiger partial charge in [-0.15, -0.1) is 10.2 Å². The van der Waals surface area contributed by atoms with Crippen LogP contribution >= 0.6 is 11.8 Å². The quantitative estimate of drug-likeness (QED) is 0.368. The number of rotatable bonds is 10. The lowest BCUT2D eigenvalue weighted by molar-refractivity contribution is -0.113. The number of benzene rings is 2. The summed E-state index contributed by atoms with van der Waals surface area (Å²) < 4.78 is 12.2. The molecule has 168 valence electrons. The van der Waals surface area contributed by atoms with E-state index in [4.69, 9.17) is 9.47 Å². The predicted molar refractivity (Wildman–Crippen MR) is 124 cm³/mol. The van der Waals surface area contributed by atoms with Gasteiger partial charge in [0.15, 0.2) is 11.0 Å². The van der Waals surface area contributed by atoms with E-state index in [1.54, 1.807) is 38.3 Å². The van der Waals surface area contributed by atoms with Crippen LogP contribution < -0.4 is 5.32 Å². The molecule has 0 saturated heterocycles. The van der Waals surface area contributed by atoms with Gasteiger partial charge in [0.1, 0.15) is 0 Å². The van der Waals surface area contributed by atoms with Gasteiger partial charge in [0.25, 0.3) is 0 Å². The van der Waals surface area contributed by atoms with Gasteiger partial charge in [-0.1, -0.05) is 35.5 Å². The van der Waals surface area contributed by atoms with Crippen molar-refractivity contribution in [3.8, 4) is 11.4 Å². The Hall–Kier alpha value is -3.17. The number of aromatic nitrogens is 3. The van der Waals surface area contributed by atoms with E-state index < -0.39 is 0 Å². The largest absolute Gasteiger partial charge is 0.462 e. The third kappa shape index (κ3) is 6.18. The summed E-state index contributed by atoms with van der Waals surface area (Å²) in [7, 11) is 1.64. The molecule has 9 heteroatoms. The van der Waals surface area contributed by atoms with Gasteiger partial charge in [-0.05, 0) is 44.2 Å². The maximum absolute atomic E-state index is 12.4. The molecular formula is C23H26N4O4S. The number of hydrogen-bond donors (Lipinski definition) is 1. The minimum Gasteiger partial charge on any atom is -0.462 e. The molecule has 32 heavy (non-hydrogen) atoms. The van der Waals surface area contributed by atoms with Crippen LogP contribution in [0.4, 0.5) is 5.69 Å². The van der Waals surface area contributed by atoms with Crippen LogP contribution in [-0.2, 0) is 20.8 Å². The van der Waals surface area contributed by atoms with Crippen molar-refractivity contribution >= 4 is 29.3 Å². The molecule has 0 fully saturated rings. The second kappa shape index (κ2) is 11.4. The summed E-state index contributed by atoms with van der Waals surface area (Å²) in [5.74, 6) is 0.333. The zero-order chi connectivity index (χ0) is 22.9. The fourth-order valence-electron chi connectivity index (χ4n) is 3.01. The molecule has 0 radical (unpaired) electrons. The Morgan fingerprint density at radius 2 is 1.91 bits per heavy atom. The van der Waals surface area contributed by atoms with Gasteiger partial charge in [0.05, 0.1) is 31.1 Å². The van der Waals surface area contributed by atoms with Crippen molar-refractivity contribution in [2.24, 2.45) is 0 Å². The summed E-state index contributed by atoms with van der Waals surface area (Å²) in [6, 6.07) is 14.6. The Labute approximate surface area is 191 Å². The van der Waals surface area contributed by atoms with Crippen LogP contribution in [0.5, 0.6) is 0 Å². The van der Waals surface area contributed by atoms with E-state index in [1.165, 1.54) is 11.8 Å². The molecule has 3 rings (SSSR count). The molecule has 0 spiro atoms. The number of carbonyl (C=O) groups is 2. The second-order valence-corrected chi connectivity index (χ2v) is 7.90. The van der Waals surface area contributed by atoms with Crippen molar-refractivity contribution in [3.05, 3.63) is 59.7 Å². The van der Waals surface area contributed by atoms with Gasteiger partial charge < -0.3 is 14.8 Å². The molecule has 8 nitrogen and oxygen atoms in total. The lowest BCUT2D eigenvalue weighted by atomic mass is 10.1. The molecule has 3 aromatic rings. The average molecular weight is 455 g/mol. The summed E-state index contributed by atoms with van der Waals surface area (Å²) in [6.07, 6.45) is 0. The van der Waals surface area contributed by atoms with Gasteiger partial charge in [0.2, 0.25) is 5.91 Å². The number of carbonyl (C=O) groups excluding carboxylic acids is 2. The summed E-state index contributed by atoms with van der Waals surface area (Å²) >= 11 is 1.31. The van der Waals surface area contributed by atoms with E-state index in [1.807, 2.05) is 29.7 Å².